The van der Waals surface area contributed by atoms with Crippen LogP contribution in [0.4, 0.5) is 4.39 Å². The van der Waals surface area contributed by atoms with E-state index in [1.165, 1.54) is 6.07 Å². The summed E-state index contributed by atoms with van der Waals surface area (Å²) >= 11 is 0. The van der Waals surface area contributed by atoms with Crippen LogP contribution in [0.1, 0.15) is 19.8 Å². The van der Waals surface area contributed by atoms with Crippen LogP contribution in [-0.2, 0) is 4.79 Å². The molecule has 0 aliphatic carbocycles. The molecule has 0 aliphatic heterocycles. The van der Waals surface area contributed by atoms with Gasteiger partial charge in [-0.05, 0) is 18.6 Å². The molecule has 0 saturated carbocycles. The number of carbonyl (C=O) groups is 1. The van der Waals surface area contributed by atoms with E-state index in [-0.39, 0.29) is 24.1 Å². The van der Waals surface area contributed by atoms with Crippen LogP contribution >= 0.6 is 0 Å². The van der Waals surface area contributed by atoms with Gasteiger partial charge >= 0.3 is 0 Å². The van der Waals surface area contributed by atoms with Gasteiger partial charge in [-0.25, -0.2) is 4.39 Å². The molecule has 3 nitrogen and oxygen atoms in total. The number of ether oxygens (including phenoxy) is 1. The molecule has 88 valence electrons. The Hall–Kier alpha value is -1.58. The number of nitrogens with one attached hydrogen (secondary N) is 1. The first kappa shape index (κ1) is 12.5. The van der Waals surface area contributed by atoms with E-state index >= 15 is 0 Å². The van der Waals surface area contributed by atoms with E-state index in [4.69, 9.17) is 4.74 Å². The third-order valence-corrected chi connectivity index (χ3v) is 2.00. The molecular weight excluding hydrogens is 209 g/mol. The van der Waals surface area contributed by atoms with Gasteiger partial charge in [0, 0.05) is 6.42 Å². The normalized spacial score (nSPS) is 9.88. The minimum absolute atomic E-state index is 0.000339. The van der Waals surface area contributed by atoms with Crippen molar-refractivity contribution in [1.82, 2.24) is 5.32 Å². The van der Waals surface area contributed by atoms with Gasteiger partial charge in [0.05, 0.1) is 6.54 Å². The van der Waals surface area contributed by atoms with E-state index in [2.05, 4.69) is 5.32 Å². The van der Waals surface area contributed by atoms with E-state index in [9.17, 15) is 9.18 Å². The average molecular weight is 225 g/mol. The molecule has 1 aromatic carbocycles. The fourth-order valence-electron chi connectivity index (χ4n) is 1.23. The largest absolute Gasteiger partial charge is 0.489 e. The first-order valence-electron chi connectivity index (χ1n) is 5.38. The maximum absolute atomic E-state index is 13.1. The van der Waals surface area contributed by atoms with Crippen LogP contribution in [0.3, 0.4) is 0 Å². The summed E-state index contributed by atoms with van der Waals surface area (Å²) in [6.07, 6.45) is 1.33. The maximum atomic E-state index is 13.1. The highest BCUT2D eigenvalue weighted by Crippen LogP contribution is 2.14. The summed E-state index contributed by atoms with van der Waals surface area (Å²) in [5.41, 5.74) is 0. The summed E-state index contributed by atoms with van der Waals surface area (Å²) in [4.78, 5) is 11.1. The average Bonchev–Trinajstić information content (AvgIpc) is 2.27. The van der Waals surface area contributed by atoms with Crippen LogP contribution < -0.4 is 10.1 Å². The molecule has 0 unspecified atom stereocenters. The first-order chi connectivity index (χ1) is 7.74. The van der Waals surface area contributed by atoms with Gasteiger partial charge in [0.15, 0.2) is 11.6 Å². The van der Waals surface area contributed by atoms with Crippen LogP contribution in [0, 0.1) is 5.82 Å². The molecule has 0 saturated heterocycles. The molecule has 0 aromatic heterocycles. The number of halogens is 1. The molecule has 1 N–H and O–H groups in total. The molecule has 1 rings (SSSR count). The fraction of sp³-hybridized carbons (Fsp3) is 0.417. The third kappa shape index (κ3) is 4.29. The molecular formula is C12H16FNO2. The SMILES string of the molecule is CCCC(=O)NCCOc1ccccc1F. The van der Waals surface area contributed by atoms with Gasteiger partial charge in [-0.15, -0.1) is 0 Å². The van der Waals surface area contributed by atoms with Crippen molar-refractivity contribution in [3.63, 3.8) is 0 Å². The van der Waals surface area contributed by atoms with Crippen molar-refractivity contribution in [2.24, 2.45) is 0 Å². The summed E-state index contributed by atoms with van der Waals surface area (Å²) in [6, 6.07) is 6.20. The van der Waals surface area contributed by atoms with Crippen molar-refractivity contribution in [3.8, 4) is 5.75 Å². The Morgan fingerprint density at radius 1 is 1.44 bits per heavy atom. The van der Waals surface area contributed by atoms with E-state index in [0.29, 0.717) is 13.0 Å². The summed E-state index contributed by atoms with van der Waals surface area (Å²) in [5, 5.41) is 2.69. The van der Waals surface area contributed by atoms with Crippen molar-refractivity contribution in [3.05, 3.63) is 30.1 Å². The predicted molar refractivity (Wildman–Crippen MR) is 59.8 cm³/mol. The second-order valence-electron chi connectivity index (χ2n) is 3.38. The van der Waals surface area contributed by atoms with Crippen molar-refractivity contribution in [2.75, 3.05) is 13.2 Å². The summed E-state index contributed by atoms with van der Waals surface area (Å²) in [6.45, 7) is 2.61. The van der Waals surface area contributed by atoms with Crippen molar-refractivity contribution in [1.29, 1.82) is 0 Å². The number of hydrogen-bond acceptors (Lipinski definition) is 2. The minimum atomic E-state index is -0.387. The molecule has 0 heterocycles. The van der Waals surface area contributed by atoms with Crippen LogP contribution in [-0.4, -0.2) is 19.1 Å². The number of amides is 1. The Morgan fingerprint density at radius 2 is 2.19 bits per heavy atom. The maximum Gasteiger partial charge on any atom is 0.220 e. The molecule has 0 aliphatic rings. The molecule has 0 spiro atoms. The molecule has 16 heavy (non-hydrogen) atoms. The zero-order valence-corrected chi connectivity index (χ0v) is 9.33. The Balaban J connectivity index is 2.21. The van der Waals surface area contributed by atoms with E-state index < -0.39 is 0 Å². The smallest absolute Gasteiger partial charge is 0.220 e. The molecule has 0 atom stereocenters. The van der Waals surface area contributed by atoms with Crippen LogP contribution in [0.2, 0.25) is 0 Å². The monoisotopic (exact) mass is 225 g/mol. The molecule has 1 amide bonds. The van der Waals surface area contributed by atoms with Crippen molar-refractivity contribution in [2.45, 2.75) is 19.8 Å². The lowest BCUT2D eigenvalue weighted by molar-refractivity contribution is -0.121. The lowest BCUT2D eigenvalue weighted by Crippen LogP contribution is -2.27. The number of rotatable bonds is 6. The van der Waals surface area contributed by atoms with Crippen LogP contribution in [0.15, 0.2) is 24.3 Å². The first-order valence-corrected chi connectivity index (χ1v) is 5.38. The van der Waals surface area contributed by atoms with Gasteiger partial charge in [-0.2, -0.15) is 0 Å². The lowest BCUT2D eigenvalue weighted by Gasteiger charge is -2.07. The van der Waals surface area contributed by atoms with Crippen LogP contribution in [0.25, 0.3) is 0 Å². The molecule has 0 bridgehead atoms. The topological polar surface area (TPSA) is 38.3 Å². The zero-order chi connectivity index (χ0) is 11.8. The number of hydrogen-bond donors (Lipinski definition) is 1. The zero-order valence-electron chi connectivity index (χ0n) is 9.33. The Morgan fingerprint density at radius 3 is 2.88 bits per heavy atom. The molecule has 0 fully saturated rings. The van der Waals surface area contributed by atoms with Crippen molar-refractivity contribution < 1.29 is 13.9 Å². The molecule has 4 heteroatoms. The lowest BCUT2D eigenvalue weighted by atomic mass is 10.3. The standard InChI is InChI=1S/C12H16FNO2/c1-2-5-12(15)14-8-9-16-11-7-4-3-6-10(11)13/h3-4,6-7H,2,5,8-9H2,1H3,(H,14,15). The van der Waals surface area contributed by atoms with E-state index in [1.807, 2.05) is 6.92 Å². The van der Waals surface area contributed by atoms with Gasteiger partial charge in [0.2, 0.25) is 5.91 Å². The second kappa shape index (κ2) is 6.82. The highest BCUT2D eigenvalue weighted by molar-refractivity contribution is 5.75. The van der Waals surface area contributed by atoms with Gasteiger partial charge in [0.1, 0.15) is 6.61 Å². The van der Waals surface area contributed by atoms with Gasteiger partial charge in [-0.1, -0.05) is 19.1 Å². The van der Waals surface area contributed by atoms with Gasteiger partial charge in [-0.3, -0.25) is 4.79 Å². The predicted octanol–water partition coefficient (Wildman–Crippen LogP) is 2.12. The Kier molecular flexibility index (Phi) is 5.32. The van der Waals surface area contributed by atoms with E-state index in [1.54, 1.807) is 18.2 Å². The highest BCUT2D eigenvalue weighted by Gasteiger charge is 2.01. The van der Waals surface area contributed by atoms with E-state index in [0.717, 1.165) is 6.42 Å². The van der Waals surface area contributed by atoms with Crippen LogP contribution in [0.5, 0.6) is 5.75 Å². The summed E-state index contributed by atoms with van der Waals surface area (Å²) < 4.78 is 18.3. The van der Waals surface area contributed by atoms with Gasteiger partial charge in [0.25, 0.3) is 0 Å². The van der Waals surface area contributed by atoms with Crippen molar-refractivity contribution >= 4 is 5.91 Å². The number of para-hydroxylation sites is 1. The third-order valence-electron chi connectivity index (χ3n) is 2.00. The van der Waals surface area contributed by atoms with Gasteiger partial charge < -0.3 is 10.1 Å². The molecule has 0 radical (unpaired) electrons. The quantitative estimate of drug-likeness (QED) is 0.753. The Labute approximate surface area is 94.6 Å². The summed E-state index contributed by atoms with van der Waals surface area (Å²) in [7, 11) is 0. The number of benzene rings is 1. The highest BCUT2D eigenvalue weighted by atomic mass is 19.1. The summed E-state index contributed by atoms with van der Waals surface area (Å²) in [5.74, 6) is -0.172. The molecule has 1 aromatic rings. The number of carbonyl (C=O) groups excluding carboxylic acids is 1. The second-order valence-corrected chi connectivity index (χ2v) is 3.38. The Bertz CT molecular complexity index is 342. The minimum Gasteiger partial charge on any atom is -0.489 e. The fourth-order valence-corrected chi connectivity index (χ4v) is 1.23.